The number of thiophene rings is 3. The molecule has 5 rings (SSSR count). The van der Waals surface area contributed by atoms with Crippen LogP contribution >= 0.6 is 69.8 Å². The number of rotatable bonds is 11. The fraction of sp³-hybridized carbons (Fsp3) is 0.222. The fourth-order valence-corrected chi connectivity index (χ4v) is 9.50. The van der Waals surface area contributed by atoms with Crippen LogP contribution in [0.25, 0.3) is 36.6 Å². The topological polar surface area (TPSA) is 38.7 Å². The third-order valence-electron chi connectivity index (χ3n) is 7.28. The molecule has 0 aromatic carbocycles. The van der Waals surface area contributed by atoms with Crippen molar-refractivity contribution in [1.29, 1.82) is 0 Å². The van der Waals surface area contributed by atoms with Crippen LogP contribution in [-0.2, 0) is 12.8 Å². The lowest BCUT2D eigenvalue weighted by Crippen LogP contribution is -2.02. The summed E-state index contributed by atoms with van der Waals surface area (Å²) in [5, 5.41) is 0. The van der Waals surface area contributed by atoms with Crippen LogP contribution in [0.4, 0.5) is 0 Å². The van der Waals surface area contributed by atoms with Crippen LogP contribution in [0.3, 0.4) is 0 Å². The van der Waals surface area contributed by atoms with Gasteiger partial charge in [-0.15, -0.1) is 69.8 Å². The zero-order valence-electron chi connectivity index (χ0n) is 26.1. The highest BCUT2D eigenvalue weighted by atomic mass is 32.2. The molecule has 0 fully saturated rings. The summed E-state index contributed by atoms with van der Waals surface area (Å²) in [5.74, 6) is 6.23. The molecule has 1 aliphatic rings. The smallest absolute Gasteiger partial charge is 0.174 e. The average Bonchev–Trinajstić information content (AvgIpc) is 3.88. The highest BCUT2D eigenvalue weighted by Gasteiger charge is 2.18. The standard InChI is InChI=1S/C36H37N3S6/c1-7-24-12-17-29(42-24)22(4)10-16-28(41)35-37-34(23(5)11-15-27(40)30-18-13-25(8-2)43-30)38-36(39-35)32-20-19-31(44-32)33-21-14-26(9-3)45(33)6/h10-21,40-41H,6-9H2,1-5H3/b22-10+,23-11+,27-15-,28-16-. The van der Waals surface area contributed by atoms with Gasteiger partial charge in [-0.25, -0.2) is 15.0 Å². The van der Waals surface area contributed by atoms with Gasteiger partial charge in [0, 0.05) is 39.1 Å². The lowest BCUT2D eigenvalue weighted by molar-refractivity contribution is 1.01. The second kappa shape index (κ2) is 15.4. The Hall–Kier alpha value is -2.53. The van der Waals surface area contributed by atoms with Gasteiger partial charge < -0.3 is 0 Å². The molecule has 0 saturated carbocycles. The summed E-state index contributed by atoms with van der Waals surface area (Å²) in [5.41, 5.74) is 2.10. The zero-order valence-corrected chi connectivity index (χ0v) is 31.2. The highest BCUT2D eigenvalue weighted by Crippen LogP contribution is 2.47. The second-order valence-corrected chi connectivity index (χ2v) is 16.6. The number of hydrogen-bond acceptors (Lipinski definition) is 8. The molecule has 232 valence electrons. The summed E-state index contributed by atoms with van der Waals surface area (Å²) in [7, 11) is -0.130. The summed E-state index contributed by atoms with van der Waals surface area (Å²) in [6.45, 7) is 10.7. The molecule has 0 amide bonds. The first-order chi connectivity index (χ1) is 21.7. The number of hydrogen-bond donors (Lipinski definition) is 2. The maximum absolute atomic E-state index is 4.95. The molecule has 4 aromatic heterocycles. The van der Waals surface area contributed by atoms with E-state index in [0.29, 0.717) is 22.4 Å². The molecule has 1 unspecified atom stereocenters. The van der Waals surface area contributed by atoms with Gasteiger partial charge >= 0.3 is 0 Å². The van der Waals surface area contributed by atoms with E-state index in [1.165, 1.54) is 34.9 Å². The Bertz CT molecular complexity index is 1830. The van der Waals surface area contributed by atoms with Crippen molar-refractivity contribution in [3.8, 4) is 10.7 Å². The van der Waals surface area contributed by atoms with Crippen LogP contribution in [0.2, 0.25) is 0 Å². The summed E-state index contributed by atoms with van der Waals surface area (Å²) in [6.07, 6.45) is 15.6. The maximum atomic E-state index is 4.95. The fourth-order valence-electron chi connectivity index (χ4n) is 4.54. The van der Waals surface area contributed by atoms with Crippen molar-refractivity contribution in [3.63, 3.8) is 0 Å². The molecule has 0 N–H and O–H groups in total. The molecule has 5 heterocycles. The summed E-state index contributed by atoms with van der Waals surface area (Å²) >= 11 is 14.9. The molecule has 45 heavy (non-hydrogen) atoms. The van der Waals surface area contributed by atoms with Crippen LogP contribution in [0.5, 0.6) is 0 Å². The van der Waals surface area contributed by atoms with Gasteiger partial charge in [-0.05, 0) is 104 Å². The lowest BCUT2D eigenvalue weighted by atomic mass is 10.2. The monoisotopic (exact) mass is 703 g/mol. The van der Waals surface area contributed by atoms with Crippen LogP contribution in [0, 0.1) is 0 Å². The third kappa shape index (κ3) is 8.07. The molecule has 0 spiro atoms. The van der Waals surface area contributed by atoms with Crippen LogP contribution in [0.1, 0.15) is 77.1 Å². The third-order valence-corrected chi connectivity index (χ3v) is 14.0. The first kappa shape index (κ1) is 33.8. The van der Waals surface area contributed by atoms with E-state index in [2.05, 4.69) is 88.2 Å². The SMILES string of the molecule is C=S1C(CC)=CC=C1c1ccc(-c2nc(/C(S)=C/C=C(\C)c3ccc(CC)s3)nc(/C(C)=C/C=C(\S)c3ccc(CC)s3)n2)s1. The van der Waals surface area contributed by atoms with Gasteiger partial charge in [0.05, 0.1) is 4.88 Å². The van der Waals surface area contributed by atoms with E-state index in [9.17, 15) is 0 Å². The Labute approximate surface area is 292 Å². The second-order valence-electron chi connectivity index (χ2n) is 10.4. The molecular formula is C36H37N3S6. The molecule has 9 heteroatoms. The van der Waals surface area contributed by atoms with Crippen molar-refractivity contribution in [2.75, 3.05) is 0 Å². The Kier molecular flexibility index (Phi) is 11.6. The van der Waals surface area contributed by atoms with E-state index >= 15 is 0 Å². The Morgan fingerprint density at radius 3 is 1.98 bits per heavy atom. The van der Waals surface area contributed by atoms with E-state index in [1.54, 1.807) is 22.7 Å². The first-order valence-corrected chi connectivity index (χ1v) is 19.6. The van der Waals surface area contributed by atoms with Crippen LogP contribution in [-0.4, -0.2) is 20.8 Å². The van der Waals surface area contributed by atoms with Crippen molar-refractivity contribution in [1.82, 2.24) is 15.0 Å². The highest BCUT2D eigenvalue weighted by molar-refractivity contribution is 8.25. The molecule has 4 aromatic rings. The minimum Gasteiger partial charge on any atom is -0.208 e. The number of aromatic nitrogens is 3. The Balaban J connectivity index is 1.51. The average molecular weight is 704 g/mol. The minimum absolute atomic E-state index is 0.130. The Morgan fingerprint density at radius 2 is 1.31 bits per heavy atom. The van der Waals surface area contributed by atoms with Gasteiger partial charge in [-0.1, -0.05) is 44.9 Å². The molecule has 0 bridgehead atoms. The van der Waals surface area contributed by atoms with Crippen molar-refractivity contribution in [3.05, 3.63) is 114 Å². The predicted molar refractivity (Wildman–Crippen MR) is 213 cm³/mol. The number of nitrogens with zero attached hydrogens (tertiary/aromatic N) is 3. The number of aryl methyl sites for hydroxylation is 2. The van der Waals surface area contributed by atoms with E-state index < -0.39 is 0 Å². The summed E-state index contributed by atoms with van der Waals surface area (Å²) in [4.78, 5) is 26.3. The minimum atomic E-state index is -0.130. The molecule has 3 nitrogen and oxygen atoms in total. The van der Waals surface area contributed by atoms with E-state index in [4.69, 9.17) is 40.2 Å². The first-order valence-electron chi connectivity index (χ1n) is 14.9. The van der Waals surface area contributed by atoms with Crippen molar-refractivity contribution in [2.45, 2.75) is 53.9 Å². The van der Waals surface area contributed by atoms with Crippen molar-refractivity contribution < 1.29 is 0 Å². The number of allylic oxidation sites excluding steroid dienone is 9. The van der Waals surface area contributed by atoms with Gasteiger partial charge in [0.1, 0.15) is 0 Å². The van der Waals surface area contributed by atoms with Crippen LogP contribution in [0.15, 0.2) is 77.8 Å². The van der Waals surface area contributed by atoms with Gasteiger partial charge in [-0.3, -0.25) is 0 Å². The quantitative estimate of drug-likeness (QED) is 0.0928. The Morgan fingerprint density at radius 1 is 0.689 bits per heavy atom. The molecule has 1 atom stereocenters. The molecular weight excluding hydrogens is 667 g/mol. The molecule has 0 saturated heterocycles. The van der Waals surface area contributed by atoms with Gasteiger partial charge in [-0.2, -0.15) is 0 Å². The van der Waals surface area contributed by atoms with Gasteiger partial charge in [0.25, 0.3) is 0 Å². The number of thiol groups is 2. The largest absolute Gasteiger partial charge is 0.208 e. The normalized spacial score (nSPS) is 16.4. The van der Waals surface area contributed by atoms with E-state index in [1.807, 2.05) is 36.5 Å². The van der Waals surface area contributed by atoms with Crippen molar-refractivity contribution in [2.24, 2.45) is 0 Å². The zero-order chi connectivity index (χ0) is 32.1. The summed E-state index contributed by atoms with van der Waals surface area (Å²) < 4.78 is 0. The van der Waals surface area contributed by atoms with Gasteiger partial charge in [0.15, 0.2) is 17.5 Å². The summed E-state index contributed by atoms with van der Waals surface area (Å²) in [6, 6.07) is 12.9. The van der Waals surface area contributed by atoms with Gasteiger partial charge in [0.2, 0.25) is 0 Å². The molecule has 1 aliphatic heterocycles. The van der Waals surface area contributed by atoms with E-state index in [-0.39, 0.29) is 10.5 Å². The maximum Gasteiger partial charge on any atom is 0.174 e. The lowest BCUT2D eigenvalue weighted by Gasteiger charge is -2.08. The predicted octanol–water partition coefficient (Wildman–Crippen LogP) is 11.9. The molecule has 0 radical (unpaired) electrons. The van der Waals surface area contributed by atoms with Crippen LogP contribution < -0.4 is 0 Å². The van der Waals surface area contributed by atoms with E-state index in [0.717, 1.165) is 39.5 Å². The molecule has 0 aliphatic carbocycles. The van der Waals surface area contributed by atoms with Crippen molar-refractivity contribution >= 4 is 101 Å².